The topological polar surface area (TPSA) is 95.1 Å². The fourth-order valence-corrected chi connectivity index (χ4v) is 9.26. The molecule has 0 unspecified atom stereocenters. The maximum Gasteiger partial charge on any atom is 0.277 e. The van der Waals surface area contributed by atoms with Crippen molar-refractivity contribution in [2.75, 3.05) is 29.9 Å². The van der Waals surface area contributed by atoms with Crippen molar-refractivity contribution in [3.8, 4) is 0 Å². The van der Waals surface area contributed by atoms with Crippen molar-refractivity contribution in [2.45, 2.75) is 48.4 Å². The number of hydrogen-bond donors (Lipinski definition) is 0. The maximum atomic E-state index is 13.8. The molecule has 1 heterocycles. The van der Waals surface area contributed by atoms with Gasteiger partial charge >= 0.3 is 0 Å². The number of nitrogens with zero attached hydrogens (tertiary/aromatic N) is 3. The van der Waals surface area contributed by atoms with E-state index in [4.69, 9.17) is 0 Å². The molecule has 0 atom stereocenters. The molecule has 0 bridgehead atoms. The van der Waals surface area contributed by atoms with E-state index in [9.17, 15) is 21.6 Å². The molecule has 40 heavy (non-hydrogen) atoms. The number of carbonyl (C=O) groups excluding carboxylic acids is 1. The predicted octanol–water partition coefficient (Wildman–Crippen LogP) is 4.50. The summed E-state index contributed by atoms with van der Waals surface area (Å²) < 4.78 is 55.7. The summed E-state index contributed by atoms with van der Waals surface area (Å²) in [4.78, 5) is 16.9. The molecule has 1 aliphatic carbocycles. The van der Waals surface area contributed by atoms with Crippen molar-refractivity contribution < 1.29 is 21.6 Å². The first-order chi connectivity index (χ1) is 19.3. The number of carbonyl (C=O) groups is 1. The molecule has 1 saturated carbocycles. The van der Waals surface area contributed by atoms with Gasteiger partial charge in [-0.05, 0) is 54.8 Å². The quantitative estimate of drug-likeness (QED) is 0.389. The van der Waals surface area contributed by atoms with Crippen LogP contribution >= 0.6 is 0 Å². The Kier molecular flexibility index (Phi) is 8.58. The van der Waals surface area contributed by atoms with Crippen LogP contribution in [0.25, 0.3) is 0 Å². The summed E-state index contributed by atoms with van der Waals surface area (Å²) in [6.45, 7) is 3.25. The number of hydrogen-bond acceptors (Lipinski definition) is 6. The van der Waals surface area contributed by atoms with E-state index in [1.54, 1.807) is 48.5 Å². The second-order valence-corrected chi connectivity index (χ2v) is 14.2. The van der Waals surface area contributed by atoms with Crippen LogP contribution < -0.4 is 3.71 Å². The molecule has 0 radical (unpaired) electrons. The Morgan fingerprint density at radius 3 is 1.80 bits per heavy atom. The monoisotopic (exact) mass is 581 g/mol. The van der Waals surface area contributed by atoms with E-state index in [0.717, 1.165) is 31.2 Å². The van der Waals surface area contributed by atoms with Crippen molar-refractivity contribution in [1.29, 1.82) is 0 Å². The maximum absolute atomic E-state index is 13.8. The van der Waals surface area contributed by atoms with Crippen LogP contribution in [0.3, 0.4) is 0 Å². The Hall–Kier alpha value is -3.21. The largest absolute Gasteiger partial charge is 0.340 e. The van der Waals surface area contributed by atoms with Crippen LogP contribution in [0.2, 0.25) is 0 Å². The minimum absolute atomic E-state index is 0.0521. The summed E-state index contributed by atoms with van der Waals surface area (Å²) in [7, 11) is -8.90. The molecule has 0 aromatic heterocycles. The zero-order valence-electron chi connectivity index (χ0n) is 22.4. The van der Waals surface area contributed by atoms with Gasteiger partial charge in [-0.15, -0.1) is 0 Å². The fourth-order valence-electron chi connectivity index (χ4n) is 5.54. The minimum atomic E-state index is -4.45. The molecule has 0 spiro atoms. The van der Waals surface area contributed by atoms with Gasteiger partial charge in [-0.1, -0.05) is 67.8 Å². The first-order valence-electron chi connectivity index (χ1n) is 13.8. The van der Waals surface area contributed by atoms with E-state index >= 15 is 0 Å². The highest BCUT2D eigenvalue weighted by atomic mass is 32.3. The number of benzene rings is 3. The first-order valence-corrected chi connectivity index (χ1v) is 16.7. The lowest BCUT2D eigenvalue weighted by Gasteiger charge is -2.37. The van der Waals surface area contributed by atoms with Crippen molar-refractivity contribution in [3.05, 3.63) is 90.5 Å². The summed E-state index contributed by atoms with van der Waals surface area (Å²) in [5.74, 6) is 0.426. The van der Waals surface area contributed by atoms with E-state index in [-0.39, 0.29) is 27.3 Å². The molecule has 10 heteroatoms. The van der Waals surface area contributed by atoms with Crippen LogP contribution in [0.1, 0.15) is 37.7 Å². The van der Waals surface area contributed by atoms with Crippen molar-refractivity contribution in [1.82, 2.24) is 9.80 Å². The zero-order chi connectivity index (χ0) is 28.2. The third-order valence-corrected chi connectivity index (χ3v) is 11.9. The van der Waals surface area contributed by atoms with Crippen LogP contribution in [-0.4, -0.2) is 58.7 Å². The first kappa shape index (κ1) is 28.3. The smallest absolute Gasteiger partial charge is 0.277 e. The Balaban J connectivity index is 1.38. The Bertz CT molecular complexity index is 1450. The van der Waals surface area contributed by atoms with Gasteiger partial charge in [-0.25, -0.2) is 16.8 Å². The third-order valence-electron chi connectivity index (χ3n) is 7.68. The molecule has 2 aliphatic rings. The Morgan fingerprint density at radius 1 is 0.700 bits per heavy atom. The number of anilines is 1. The molecule has 8 nitrogen and oxygen atoms in total. The van der Waals surface area contributed by atoms with Gasteiger partial charge in [-0.2, -0.15) is 3.71 Å². The van der Waals surface area contributed by atoms with E-state index in [2.05, 4.69) is 4.90 Å². The summed E-state index contributed by atoms with van der Waals surface area (Å²) in [6, 6.07) is 21.9. The van der Waals surface area contributed by atoms with Gasteiger partial charge in [0.05, 0.1) is 15.5 Å². The second-order valence-electron chi connectivity index (χ2n) is 10.4. The van der Waals surface area contributed by atoms with Crippen LogP contribution in [0.5, 0.6) is 0 Å². The Labute approximate surface area is 237 Å². The molecule has 3 aromatic carbocycles. The highest BCUT2D eigenvalue weighted by Gasteiger charge is 2.37. The molecule has 1 aliphatic heterocycles. The van der Waals surface area contributed by atoms with Gasteiger partial charge in [-0.3, -0.25) is 9.69 Å². The number of amides is 1. The minimum Gasteiger partial charge on any atom is -0.340 e. The molecular formula is C30H35N3O5S2. The summed E-state index contributed by atoms with van der Waals surface area (Å²) in [5.41, 5.74) is 0.845. The van der Waals surface area contributed by atoms with Crippen LogP contribution in [-0.2, 0) is 31.4 Å². The van der Waals surface area contributed by atoms with Crippen LogP contribution in [0.15, 0.2) is 94.7 Å². The lowest BCUT2D eigenvalue weighted by molar-refractivity contribution is -0.138. The Morgan fingerprint density at radius 2 is 1.25 bits per heavy atom. The fraction of sp³-hybridized carbons (Fsp3) is 0.367. The predicted molar refractivity (Wildman–Crippen MR) is 155 cm³/mol. The lowest BCUT2D eigenvalue weighted by atomic mass is 9.88. The van der Waals surface area contributed by atoms with Crippen LogP contribution in [0, 0.1) is 5.92 Å². The molecule has 1 saturated heterocycles. The van der Waals surface area contributed by atoms with E-state index in [1.807, 2.05) is 11.0 Å². The SMILES string of the molecule is O=C(C1CCCCC1)N1CCN(Cc2cccc(N(S(=O)(=O)c3ccccc3)S(=O)(=O)c3ccccc3)c2)CC1. The zero-order valence-corrected chi connectivity index (χ0v) is 24.1. The average Bonchev–Trinajstić information content (AvgIpc) is 2.98. The third kappa shape index (κ3) is 6.09. The van der Waals surface area contributed by atoms with Gasteiger partial charge in [0.25, 0.3) is 20.0 Å². The van der Waals surface area contributed by atoms with E-state index < -0.39 is 20.0 Å². The number of sulfonamides is 2. The van der Waals surface area contributed by atoms with Crippen molar-refractivity contribution >= 4 is 31.6 Å². The summed E-state index contributed by atoms with van der Waals surface area (Å²) in [5, 5.41) is 0. The molecule has 0 N–H and O–H groups in total. The highest BCUT2D eigenvalue weighted by Crippen LogP contribution is 2.32. The van der Waals surface area contributed by atoms with E-state index in [0.29, 0.717) is 36.4 Å². The molecule has 1 amide bonds. The molecule has 212 valence electrons. The van der Waals surface area contributed by atoms with Gasteiger partial charge in [0.1, 0.15) is 0 Å². The highest BCUT2D eigenvalue weighted by molar-refractivity contribution is 8.10. The van der Waals surface area contributed by atoms with E-state index in [1.165, 1.54) is 36.8 Å². The standard InChI is InChI=1S/C30H35N3O5S2/c34-30(26-12-4-1-5-13-26)32-21-19-31(20-22-32)24-25-11-10-14-27(23-25)33(39(35,36)28-15-6-2-7-16-28)40(37,38)29-17-8-3-9-18-29/h2-3,6-11,14-18,23,26H,1,4-5,12-13,19-22,24H2. The van der Waals surface area contributed by atoms with Crippen LogP contribution in [0.4, 0.5) is 5.69 Å². The van der Waals surface area contributed by atoms with Crippen molar-refractivity contribution in [2.24, 2.45) is 5.92 Å². The molecule has 5 rings (SSSR count). The van der Waals surface area contributed by atoms with Gasteiger partial charge in [0, 0.05) is 38.6 Å². The van der Waals surface area contributed by atoms with Gasteiger partial charge in [0.2, 0.25) is 5.91 Å². The molecular weight excluding hydrogens is 546 g/mol. The normalized spacial score (nSPS) is 17.4. The van der Waals surface area contributed by atoms with Gasteiger partial charge < -0.3 is 4.90 Å². The average molecular weight is 582 g/mol. The summed E-state index contributed by atoms with van der Waals surface area (Å²) in [6.07, 6.45) is 5.45. The second kappa shape index (κ2) is 12.1. The summed E-state index contributed by atoms with van der Waals surface area (Å²) >= 11 is 0. The van der Waals surface area contributed by atoms with Gasteiger partial charge in [0.15, 0.2) is 0 Å². The molecule has 3 aromatic rings. The number of piperazine rings is 1. The lowest BCUT2D eigenvalue weighted by Crippen LogP contribution is -2.50. The molecule has 2 fully saturated rings. The number of rotatable bonds is 8. The van der Waals surface area contributed by atoms with Crippen molar-refractivity contribution in [3.63, 3.8) is 0 Å².